The summed E-state index contributed by atoms with van der Waals surface area (Å²) in [6.07, 6.45) is 25.1. The van der Waals surface area contributed by atoms with Gasteiger partial charge in [-0.2, -0.15) is 0 Å². The van der Waals surface area contributed by atoms with Gasteiger partial charge in [0.15, 0.2) is 0 Å². The molecule has 0 spiro atoms. The maximum atomic E-state index is 2.40. The van der Waals surface area contributed by atoms with Crippen molar-refractivity contribution in [2.75, 3.05) is 0 Å². The number of hydrogen-bond acceptors (Lipinski definition) is 0. The van der Waals surface area contributed by atoms with Gasteiger partial charge >= 0.3 is 0 Å². The van der Waals surface area contributed by atoms with Gasteiger partial charge in [-0.05, 0) is 30.6 Å². The standard InChI is InChI=1S/C22H44/c1-4-7-9-10-11-12-13-14-15-16-17-19-22(18-8-5-2)20-21(22)6-3/h21H,4-20H2,1-3H3. The molecule has 1 fully saturated rings. The van der Waals surface area contributed by atoms with E-state index in [0.29, 0.717) is 0 Å². The molecule has 0 radical (unpaired) electrons. The number of hydrogen-bond donors (Lipinski definition) is 0. The van der Waals surface area contributed by atoms with Crippen LogP contribution in [-0.4, -0.2) is 0 Å². The van der Waals surface area contributed by atoms with E-state index < -0.39 is 0 Å². The molecule has 1 rings (SSSR count). The molecule has 0 bridgehead atoms. The second-order valence-corrected chi connectivity index (χ2v) is 8.06. The smallest absolute Gasteiger partial charge is 0.0266 e. The van der Waals surface area contributed by atoms with Crippen molar-refractivity contribution in [1.82, 2.24) is 0 Å². The molecule has 1 aliphatic rings. The van der Waals surface area contributed by atoms with Gasteiger partial charge in [0.05, 0.1) is 0 Å². The van der Waals surface area contributed by atoms with E-state index >= 15 is 0 Å². The lowest BCUT2D eigenvalue weighted by Crippen LogP contribution is -2.04. The monoisotopic (exact) mass is 308 g/mol. The summed E-state index contributed by atoms with van der Waals surface area (Å²) in [7, 11) is 0. The molecule has 0 nitrogen and oxygen atoms in total. The number of rotatable bonds is 16. The molecular formula is C22H44. The van der Waals surface area contributed by atoms with Crippen molar-refractivity contribution in [3.05, 3.63) is 0 Å². The average molecular weight is 309 g/mol. The first-order chi connectivity index (χ1) is 10.8. The first kappa shape index (κ1) is 20.0. The second-order valence-electron chi connectivity index (χ2n) is 8.06. The van der Waals surface area contributed by atoms with E-state index in [1.165, 1.54) is 96.3 Å². The lowest BCUT2D eigenvalue weighted by Gasteiger charge is -2.16. The molecule has 1 saturated carbocycles. The van der Waals surface area contributed by atoms with E-state index in [1.54, 1.807) is 12.8 Å². The van der Waals surface area contributed by atoms with E-state index in [1.807, 2.05) is 0 Å². The highest BCUT2D eigenvalue weighted by molar-refractivity contribution is 5.00. The fraction of sp³-hybridized carbons (Fsp3) is 1.00. The third-order valence-electron chi connectivity index (χ3n) is 6.16. The van der Waals surface area contributed by atoms with Crippen LogP contribution in [0.15, 0.2) is 0 Å². The largest absolute Gasteiger partial charge is 0.0654 e. The molecule has 0 N–H and O–H groups in total. The van der Waals surface area contributed by atoms with E-state index in [9.17, 15) is 0 Å². The summed E-state index contributed by atoms with van der Waals surface area (Å²) in [6, 6.07) is 0. The second kappa shape index (κ2) is 12.4. The molecule has 0 heteroatoms. The van der Waals surface area contributed by atoms with Crippen molar-refractivity contribution in [2.24, 2.45) is 11.3 Å². The highest BCUT2D eigenvalue weighted by Gasteiger charge is 2.50. The van der Waals surface area contributed by atoms with Crippen LogP contribution in [0.4, 0.5) is 0 Å². The van der Waals surface area contributed by atoms with Crippen molar-refractivity contribution >= 4 is 0 Å². The lowest BCUT2D eigenvalue weighted by molar-refractivity contribution is 0.351. The zero-order chi connectivity index (χ0) is 16.1. The van der Waals surface area contributed by atoms with Gasteiger partial charge in [-0.15, -0.1) is 0 Å². The van der Waals surface area contributed by atoms with Gasteiger partial charge in [-0.25, -0.2) is 0 Å². The van der Waals surface area contributed by atoms with Crippen LogP contribution in [-0.2, 0) is 0 Å². The van der Waals surface area contributed by atoms with Gasteiger partial charge in [-0.1, -0.05) is 111 Å². The van der Waals surface area contributed by atoms with Crippen LogP contribution in [0.2, 0.25) is 0 Å². The first-order valence-corrected chi connectivity index (χ1v) is 10.8. The minimum Gasteiger partial charge on any atom is -0.0654 e. The summed E-state index contributed by atoms with van der Waals surface area (Å²) >= 11 is 0. The lowest BCUT2D eigenvalue weighted by atomic mass is 9.89. The van der Waals surface area contributed by atoms with Gasteiger partial charge in [0, 0.05) is 0 Å². The minimum atomic E-state index is 0.810. The van der Waals surface area contributed by atoms with Crippen molar-refractivity contribution < 1.29 is 0 Å². The Bertz CT molecular complexity index is 244. The van der Waals surface area contributed by atoms with Gasteiger partial charge in [0.25, 0.3) is 0 Å². The Morgan fingerprint density at radius 3 is 1.50 bits per heavy atom. The van der Waals surface area contributed by atoms with Crippen molar-refractivity contribution in [1.29, 1.82) is 0 Å². The first-order valence-electron chi connectivity index (χ1n) is 10.8. The predicted octanol–water partition coefficient (Wildman–Crippen LogP) is 8.29. The number of unbranched alkanes of at least 4 members (excludes halogenated alkanes) is 11. The van der Waals surface area contributed by atoms with Crippen LogP contribution >= 0.6 is 0 Å². The molecule has 2 unspecified atom stereocenters. The molecule has 2 atom stereocenters. The zero-order valence-electron chi connectivity index (χ0n) is 16.1. The molecule has 0 saturated heterocycles. The molecule has 0 heterocycles. The predicted molar refractivity (Wildman–Crippen MR) is 101 cm³/mol. The quantitative estimate of drug-likeness (QED) is 0.251. The topological polar surface area (TPSA) is 0 Å². The molecule has 22 heavy (non-hydrogen) atoms. The summed E-state index contributed by atoms with van der Waals surface area (Å²) in [6.45, 7) is 7.05. The van der Waals surface area contributed by atoms with Crippen LogP contribution < -0.4 is 0 Å². The Labute approximate surface area is 141 Å². The Kier molecular flexibility index (Phi) is 11.3. The molecule has 1 aliphatic carbocycles. The summed E-state index contributed by atoms with van der Waals surface area (Å²) in [4.78, 5) is 0. The van der Waals surface area contributed by atoms with Gasteiger partial charge in [0.1, 0.15) is 0 Å². The molecule has 0 aromatic heterocycles. The fourth-order valence-electron chi connectivity index (χ4n) is 4.42. The maximum absolute atomic E-state index is 2.40. The molecule has 132 valence electrons. The average Bonchev–Trinajstić information content (AvgIpc) is 3.24. The van der Waals surface area contributed by atoms with Gasteiger partial charge in [0.2, 0.25) is 0 Å². The van der Waals surface area contributed by atoms with Crippen molar-refractivity contribution in [3.8, 4) is 0 Å². The van der Waals surface area contributed by atoms with Crippen LogP contribution in [0.25, 0.3) is 0 Å². The van der Waals surface area contributed by atoms with Crippen molar-refractivity contribution in [2.45, 2.75) is 130 Å². The maximum Gasteiger partial charge on any atom is -0.0266 e. The Morgan fingerprint density at radius 2 is 1.05 bits per heavy atom. The zero-order valence-corrected chi connectivity index (χ0v) is 16.1. The molecule has 0 amide bonds. The Morgan fingerprint density at radius 1 is 0.591 bits per heavy atom. The third-order valence-corrected chi connectivity index (χ3v) is 6.16. The normalized spacial score (nSPS) is 23.9. The molecule has 0 aromatic carbocycles. The fourth-order valence-corrected chi connectivity index (χ4v) is 4.42. The van der Waals surface area contributed by atoms with Crippen LogP contribution in [0.5, 0.6) is 0 Å². The minimum absolute atomic E-state index is 0.810. The molecule has 0 aromatic rings. The Balaban J connectivity index is 1.90. The van der Waals surface area contributed by atoms with E-state index in [2.05, 4.69) is 20.8 Å². The highest BCUT2D eigenvalue weighted by atomic mass is 14.5. The van der Waals surface area contributed by atoms with Gasteiger partial charge in [-0.3, -0.25) is 0 Å². The van der Waals surface area contributed by atoms with Crippen LogP contribution in [0.1, 0.15) is 130 Å². The Hall–Kier alpha value is 0. The van der Waals surface area contributed by atoms with E-state index in [0.717, 1.165) is 11.3 Å². The third kappa shape index (κ3) is 8.02. The van der Waals surface area contributed by atoms with Crippen LogP contribution in [0, 0.1) is 11.3 Å². The molecule has 0 aliphatic heterocycles. The van der Waals surface area contributed by atoms with E-state index in [-0.39, 0.29) is 0 Å². The molecular weight excluding hydrogens is 264 g/mol. The SMILES string of the molecule is CCCCCCCCCCCCCC1(CCCC)CC1CC. The van der Waals surface area contributed by atoms with Crippen LogP contribution in [0.3, 0.4) is 0 Å². The summed E-state index contributed by atoms with van der Waals surface area (Å²) < 4.78 is 0. The summed E-state index contributed by atoms with van der Waals surface area (Å²) in [5.41, 5.74) is 0.810. The van der Waals surface area contributed by atoms with Gasteiger partial charge < -0.3 is 0 Å². The summed E-state index contributed by atoms with van der Waals surface area (Å²) in [5.74, 6) is 1.09. The van der Waals surface area contributed by atoms with E-state index in [4.69, 9.17) is 0 Å². The highest BCUT2D eigenvalue weighted by Crippen LogP contribution is 2.60. The van der Waals surface area contributed by atoms with Crippen molar-refractivity contribution in [3.63, 3.8) is 0 Å². The summed E-state index contributed by atoms with van der Waals surface area (Å²) in [5, 5.41) is 0.